The van der Waals surface area contributed by atoms with E-state index in [-0.39, 0.29) is 6.61 Å². The highest BCUT2D eigenvalue weighted by Crippen LogP contribution is 2.46. The van der Waals surface area contributed by atoms with E-state index in [0.29, 0.717) is 0 Å². The molecule has 1 N–H and O–H groups in total. The van der Waals surface area contributed by atoms with Crippen molar-refractivity contribution >= 4 is 18.0 Å². The molecule has 0 saturated carbocycles. The minimum Gasteiger partial charge on any atom is -0.460 e. The van der Waals surface area contributed by atoms with Crippen LogP contribution in [0.1, 0.15) is 17.2 Å². The van der Waals surface area contributed by atoms with Gasteiger partial charge in [0.05, 0.1) is 18.6 Å². The summed E-state index contributed by atoms with van der Waals surface area (Å²) < 4.78 is 66.0. The van der Waals surface area contributed by atoms with E-state index in [1.807, 2.05) is 48.5 Å². The van der Waals surface area contributed by atoms with E-state index in [2.05, 4.69) is 14.1 Å². The molecule has 0 heterocycles. The van der Waals surface area contributed by atoms with Gasteiger partial charge in [0.1, 0.15) is 12.7 Å². The quantitative estimate of drug-likeness (QED) is 0.162. The van der Waals surface area contributed by atoms with Gasteiger partial charge in [-0.25, -0.2) is 14.4 Å². The summed E-state index contributed by atoms with van der Waals surface area (Å²) in [5.74, 6) is -2.26. The number of carbonyl (C=O) groups is 1. The zero-order valence-electron chi connectivity index (χ0n) is 14.5. The molecule has 1 aliphatic rings. The van der Waals surface area contributed by atoms with Crippen LogP contribution >= 0.6 is 12.0 Å². The molecule has 0 saturated heterocycles. The number of halogens is 4. The molecular weight excluding hydrogens is 420 g/mol. The fourth-order valence-electron chi connectivity index (χ4n) is 2.94. The molecule has 0 bridgehead atoms. The maximum absolute atomic E-state index is 14.0. The van der Waals surface area contributed by atoms with Crippen LogP contribution in [0.25, 0.3) is 11.1 Å². The summed E-state index contributed by atoms with van der Waals surface area (Å²) in [6, 6.07) is 14.9. The van der Waals surface area contributed by atoms with E-state index in [1.54, 1.807) is 0 Å². The molecule has 0 amide bonds. The van der Waals surface area contributed by atoms with Crippen molar-refractivity contribution in [1.82, 2.24) is 0 Å². The first kappa shape index (κ1) is 21.5. The summed E-state index contributed by atoms with van der Waals surface area (Å²) in [6.07, 6.45) is -6.17. The highest BCUT2D eigenvalue weighted by molar-refractivity contribution is 7.96. The predicted octanol–water partition coefficient (Wildman–Crippen LogP) is 4.61. The Morgan fingerprint density at radius 3 is 2.03 bits per heavy atom. The van der Waals surface area contributed by atoms with E-state index < -0.39 is 41.9 Å². The molecule has 156 valence electrons. The maximum Gasteiger partial charge on any atom is 0.446 e. The third-order valence-corrected chi connectivity index (χ3v) is 4.94. The summed E-state index contributed by atoms with van der Waals surface area (Å²) in [7, 11) is 0. The van der Waals surface area contributed by atoms with Crippen LogP contribution in [0.3, 0.4) is 0 Å². The highest BCUT2D eigenvalue weighted by Gasteiger charge is 2.66. The molecule has 1 unspecified atom stereocenters. The van der Waals surface area contributed by atoms with Crippen LogP contribution in [0.5, 0.6) is 0 Å². The van der Waals surface area contributed by atoms with Crippen LogP contribution in [0.2, 0.25) is 0 Å². The van der Waals surface area contributed by atoms with E-state index in [4.69, 9.17) is 9.99 Å². The monoisotopic (exact) mass is 434 g/mol. The molecule has 11 heteroatoms. The Balaban J connectivity index is 1.63. The Morgan fingerprint density at radius 1 is 0.966 bits per heavy atom. The van der Waals surface area contributed by atoms with E-state index in [1.165, 1.54) is 0 Å². The molecule has 0 radical (unpaired) electrons. The van der Waals surface area contributed by atoms with Crippen molar-refractivity contribution in [1.29, 1.82) is 0 Å². The van der Waals surface area contributed by atoms with E-state index in [9.17, 15) is 22.4 Å². The molecule has 3 rings (SSSR count). The average molecular weight is 434 g/mol. The topological polar surface area (TPSA) is 74.2 Å². The SMILES string of the molecule is O=C(OCCOC1c2ccccc2-c2ccccc21)C(F)(SOOO)C(F)(F)F. The summed E-state index contributed by atoms with van der Waals surface area (Å²) in [4.78, 5) is 11.6. The molecule has 2 aromatic carbocycles. The smallest absolute Gasteiger partial charge is 0.446 e. The zero-order chi connectivity index (χ0) is 21.1. The average Bonchev–Trinajstić information content (AvgIpc) is 3.02. The van der Waals surface area contributed by atoms with Crippen LogP contribution in [-0.4, -0.2) is 35.6 Å². The van der Waals surface area contributed by atoms with Gasteiger partial charge in [-0.15, -0.1) is 4.33 Å². The summed E-state index contributed by atoms with van der Waals surface area (Å²) in [5, 5.41) is 6.28. The molecule has 6 nitrogen and oxygen atoms in total. The lowest BCUT2D eigenvalue weighted by Gasteiger charge is -2.23. The number of ether oxygens (including phenoxy) is 2. The molecule has 0 aromatic heterocycles. The number of esters is 1. The largest absolute Gasteiger partial charge is 0.460 e. The van der Waals surface area contributed by atoms with Gasteiger partial charge in [-0.3, -0.25) is 0 Å². The van der Waals surface area contributed by atoms with Crippen LogP contribution < -0.4 is 0 Å². The third-order valence-electron chi connectivity index (χ3n) is 4.18. The molecular formula is C18H14F4O6S. The normalized spacial score (nSPS) is 15.5. The van der Waals surface area contributed by atoms with Gasteiger partial charge in [0.25, 0.3) is 0 Å². The van der Waals surface area contributed by atoms with Gasteiger partial charge < -0.3 is 9.47 Å². The van der Waals surface area contributed by atoms with Crippen LogP contribution in [-0.2, 0) is 23.6 Å². The first-order chi connectivity index (χ1) is 13.8. The van der Waals surface area contributed by atoms with Crippen molar-refractivity contribution in [2.75, 3.05) is 13.2 Å². The van der Waals surface area contributed by atoms with Crippen molar-refractivity contribution in [2.45, 2.75) is 17.3 Å². The lowest BCUT2D eigenvalue weighted by molar-refractivity contribution is -0.433. The second-order valence-electron chi connectivity index (χ2n) is 5.88. The highest BCUT2D eigenvalue weighted by atomic mass is 32.2. The Labute approximate surface area is 166 Å². The number of hydrogen-bond acceptors (Lipinski definition) is 7. The number of carbonyl (C=O) groups excluding carboxylic acids is 1. The van der Waals surface area contributed by atoms with Gasteiger partial charge >= 0.3 is 17.1 Å². The second-order valence-corrected chi connectivity index (χ2v) is 6.75. The predicted molar refractivity (Wildman–Crippen MR) is 92.9 cm³/mol. The molecule has 1 aliphatic carbocycles. The second kappa shape index (κ2) is 8.67. The van der Waals surface area contributed by atoms with Crippen molar-refractivity contribution in [3.05, 3.63) is 59.7 Å². The molecule has 0 fully saturated rings. The lowest BCUT2D eigenvalue weighted by Crippen LogP contribution is -2.46. The lowest BCUT2D eigenvalue weighted by atomic mass is 10.1. The number of benzene rings is 2. The molecule has 29 heavy (non-hydrogen) atoms. The van der Waals surface area contributed by atoms with Crippen molar-refractivity contribution in [3.8, 4) is 11.1 Å². The van der Waals surface area contributed by atoms with Crippen LogP contribution in [0.15, 0.2) is 48.5 Å². The standard InChI is InChI=1S/C18H14F4O6S/c19-17(18(20,21)22,29-28-27-24)16(23)26-10-9-25-15-13-7-3-1-5-11(13)12-6-2-4-8-14(12)15/h1-8,15,24H,9-10H2. The maximum atomic E-state index is 14.0. The fourth-order valence-corrected chi connectivity index (χ4v) is 3.29. The molecule has 0 spiro atoms. The van der Waals surface area contributed by atoms with Gasteiger partial charge in [0.2, 0.25) is 0 Å². The first-order valence-corrected chi connectivity index (χ1v) is 8.92. The zero-order valence-corrected chi connectivity index (χ0v) is 15.3. The minimum atomic E-state index is -5.67. The van der Waals surface area contributed by atoms with E-state index in [0.717, 1.165) is 22.3 Å². The Morgan fingerprint density at radius 2 is 1.52 bits per heavy atom. The van der Waals surface area contributed by atoms with Crippen molar-refractivity contribution < 1.29 is 46.5 Å². The number of fused-ring (bicyclic) bond motifs is 3. The molecule has 1 atom stereocenters. The van der Waals surface area contributed by atoms with Crippen molar-refractivity contribution in [3.63, 3.8) is 0 Å². The van der Waals surface area contributed by atoms with Gasteiger partial charge in [0.15, 0.2) is 0 Å². The van der Waals surface area contributed by atoms with Crippen LogP contribution in [0, 0.1) is 0 Å². The Kier molecular flexibility index (Phi) is 6.44. The minimum absolute atomic E-state index is 0.283. The first-order valence-electron chi connectivity index (χ1n) is 8.18. The summed E-state index contributed by atoms with van der Waals surface area (Å²) in [6.45, 7) is -0.920. The number of hydrogen-bond donors (Lipinski definition) is 1. The molecule has 0 aliphatic heterocycles. The van der Waals surface area contributed by atoms with Crippen molar-refractivity contribution in [2.24, 2.45) is 0 Å². The third kappa shape index (κ3) is 4.23. The van der Waals surface area contributed by atoms with Gasteiger partial charge in [-0.1, -0.05) is 53.6 Å². The number of rotatable bonds is 8. The van der Waals surface area contributed by atoms with Gasteiger partial charge in [-0.2, -0.15) is 13.2 Å². The fraction of sp³-hybridized carbons (Fsp3) is 0.278. The van der Waals surface area contributed by atoms with E-state index >= 15 is 0 Å². The van der Waals surface area contributed by atoms with Gasteiger partial charge in [0, 0.05) is 0 Å². The summed E-state index contributed by atoms with van der Waals surface area (Å²) >= 11 is -1.08. The Hall–Kier alpha value is -2.18. The van der Waals surface area contributed by atoms with Crippen LogP contribution in [0.4, 0.5) is 17.6 Å². The van der Waals surface area contributed by atoms with Gasteiger partial charge in [-0.05, 0) is 22.3 Å². The Bertz CT molecular complexity index is 832. The number of alkyl halides is 4. The molecule has 2 aromatic rings. The summed E-state index contributed by atoms with van der Waals surface area (Å²) in [5.41, 5.74) is 3.64.